The number of benzene rings is 1. The summed E-state index contributed by atoms with van der Waals surface area (Å²) in [5, 5.41) is 6.62. The number of imidazole rings is 1. The topological polar surface area (TPSA) is 79.0 Å². The maximum absolute atomic E-state index is 12.3. The quantitative estimate of drug-likeness (QED) is 0.660. The molecule has 3 N–H and O–H groups in total. The molecule has 26 heavy (non-hydrogen) atoms. The summed E-state index contributed by atoms with van der Waals surface area (Å²) >= 11 is 1.60. The third kappa shape index (κ3) is 4.78. The van der Waals surface area contributed by atoms with E-state index in [0.29, 0.717) is 18.9 Å². The zero-order chi connectivity index (χ0) is 18.4. The van der Waals surface area contributed by atoms with Crippen LogP contribution in [0, 0.1) is 5.41 Å². The summed E-state index contributed by atoms with van der Waals surface area (Å²) in [4.78, 5) is 20.3. The Bertz CT molecular complexity index is 689. The predicted octanol–water partition coefficient (Wildman–Crippen LogP) is 2.49. The number of thioether (sulfide) groups is 1. The summed E-state index contributed by atoms with van der Waals surface area (Å²) in [5.74, 6) is 1.42. The van der Waals surface area contributed by atoms with Gasteiger partial charge < -0.3 is 20.4 Å². The van der Waals surface area contributed by atoms with Crippen LogP contribution in [0.4, 0.5) is 0 Å². The second-order valence-corrected chi connectivity index (χ2v) is 8.38. The van der Waals surface area contributed by atoms with E-state index in [1.807, 2.05) is 24.3 Å². The minimum Gasteiger partial charge on any atom is -0.384 e. The van der Waals surface area contributed by atoms with Crippen molar-refractivity contribution in [3.8, 4) is 0 Å². The molecule has 0 radical (unpaired) electrons. The lowest BCUT2D eigenvalue weighted by Gasteiger charge is -2.37. The van der Waals surface area contributed by atoms with Crippen LogP contribution in [0.2, 0.25) is 0 Å². The number of aromatic nitrogens is 2. The lowest BCUT2D eigenvalue weighted by molar-refractivity contribution is -0.119. The molecule has 1 amide bonds. The van der Waals surface area contributed by atoms with Crippen molar-refractivity contribution in [1.82, 2.24) is 20.6 Å². The highest BCUT2D eigenvalue weighted by atomic mass is 32.2. The van der Waals surface area contributed by atoms with E-state index in [1.54, 1.807) is 18.9 Å². The van der Waals surface area contributed by atoms with Crippen LogP contribution in [-0.4, -0.2) is 55.0 Å². The number of piperidine rings is 1. The Kier molecular flexibility index (Phi) is 6.56. The van der Waals surface area contributed by atoms with Gasteiger partial charge in [0.1, 0.15) is 5.82 Å². The number of hydrogen-bond acceptors (Lipinski definition) is 5. The van der Waals surface area contributed by atoms with Crippen molar-refractivity contribution in [1.29, 1.82) is 0 Å². The summed E-state index contributed by atoms with van der Waals surface area (Å²) in [7, 11) is 1.73. The Morgan fingerprint density at radius 2 is 2.15 bits per heavy atom. The monoisotopic (exact) mass is 376 g/mol. The number of rotatable bonds is 8. The fraction of sp³-hybridized carbons (Fsp3) is 0.579. The molecule has 7 heteroatoms. The Hall–Kier alpha value is -1.57. The van der Waals surface area contributed by atoms with Gasteiger partial charge in [-0.15, -0.1) is 11.8 Å². The highest BCUT2D eigenvalue weighted by Crippen LogP contribution is 2.29. The van der Waals surface area contributed by atoms with Crippen LogP contribution < -0.4 is 10.6 Å². The molecule has 1 saturated heterocycles. The van der Waals surface area contributed by atoms with Crippen LogP contribution in [0.15, 0.2) is 24.3 Å². The second kappa shape index (κ2) is 8.88. The molecule has 1 atom stereocenters. The highest BCUT2D eigenvalue weighted by molar-refractivity contribution is 8.00. The van der Waals surface area contributed by atoms with Gasteiger partial charge in [-0.1, -0.05) is 12.1 Å². The maximum atomic E-state index is 12.3. The molecule has 1 aliphatic heterocycles. The maximum Gasteiger partial charge on any atom is 0.230 e. The molecule has 1 aliphatic rings. The van der Waals surface area contributed by atoms with Crippen molar-refractivity contribution in [3.05, 3.63) is 30.1 Å². The van der Waals surface area contributed by atoms with Crippen LogP contribution in [-0.2, 0) is 9.53 Å². The minimum absolute atomic E-state index is 0.0602. The van der Waals surface area contributed by atoms with Gasteiger partial charge in [-0.05, 0) is 45.0 Å². The summed E-state index contributed by atoms with van der Waals surface area (Å²) < 4.78 is 5.41. The number of aromatic amines is 1. The van der Waals surface area contributed by atoms with E-state index in [1.165, 1.54) is 0 Å². The zero-order valence-corrected chi connectivity index (χ0v) is 16.3. The van der Waals surface area contributed by atoms with Crippen LogP contribution in [0.5, 0.6) is 0 Å². The fourth-order valence-corrected chi connectivity index (χ4v) is 4.19. The SMILES string of the molecule is COCC1(CNC(=O)CSC(C)c2nc3ccccc3[nH]2)CCNCC1. The number of hydrogen-bond donors (Lipinski definition) is 3. The van der Waals surface area contributed by atoms with E-state index in [4.69, 9.17) is 4.74 Å². The number of nitrogens with zero attached hydrogens (tertiary/aromatic N) is 1. The normalized spacial score (nSPS) is 17.9. The van der Waals surface area contributed by atoms with Gasteiger partial charge >= 0.3 is 0 Å². The molecule has 1 fully saturated rings. The first-order valence-electron chi connectivity index (χ1n) is 9.14. The molecule has 1 unspecified atom stereocenters. The summed E-state index contributed by atoms with van der Waals surface area (Å²) in [6, 6.07) is 7.99. The lowest BCUT2D eigenvalue weighted by Crippen LogP contribution is -2.47. The highest BCUT2D eigenvalue weighted by Gasteiger charge is 2.32. The van der Waals surface area contributed by atoms with E-state index in [0.717, 1.165) is 42.8 Å². The van der Waals surface area contributed by atoms with Crippen LogP contribution in [0.3, 0.4) is 0 Å². The van der Waals surface area contributed by atoms with Gasteiger partial charge in [0, 0.05) is 19.1 Å². The van der Waals surface area contributed by atoms with Crippen molar-refractivity contribution in [3.63, 3.8) is 0 Å². The van der Waals surface area contributed by atoms with E-state index in [2.05, 4.69) is 27.5 Å². The number of carbonyl (C=O) groups is 1. The number of fused-ring (bicyclic) bond motifs is 1. The van der Waals surface area contributed by atoms with E-state index < -0.39 is 0 Å². The molecule has 3 rings (SSSR count). The first kappa shape index (κ1) is 19.2. The Morgan fingerprint density at radius 3 is 2.88 bits per heavy atom. The van der Waals surface area contributed by atoms with E-state index in [-0.39, 0.29) is 16.6 Å². The molecule has 2 aromatic rings. The van der Waals surface area contributed by atoms with Crippen LogP contribution in [0.25, 0.3) is 11.0 Å². The standard InChI is InChI=1S/C19H28N4O2S/c1-14(18-22-15-5-3-4-6-16(15)23-18)26-11-17(24)21-12-19(13-25-2)7-9-20-10-8-19/h3-6,14,20H,7-13H2,1-2H3,(H,21,24)(H,22,23). The molecule has 0 aliphatic carbocycles. The Morgan fingerprint density at radius 1 is 1.38 bits per heavy atom. The van der Waals surface area contributed by atoms with E-state index >= 15 is 0 Å². The van der Waals surface area contributed by atoms with Gasteiger partial charge in [-0.3, -0.25) is 4.79 Å². The van der Waals surface area contributed by atoms with Gasteiger partial charge in [0.25, 0.3) is 0 Å². The lowest BCUT2D eigenvalue weighted by atomic mass is 9.79. The number of carbonyl (C=O) groups excluding carboxylic acids is 1. The molecular formula is C19H28N4O2S. The number of H-pyrrole nitrogens is 1. The molecule has 142 valence electrons. The minimum atomic E-state index is 0.0602. The molecule has 1 aromatic heterocycles. The third-order valence-corrected chi connectivity index (χ3v) is 6.18. The molecule has 6 nitrogen and oxygen atoms in total. The van der Waals surface area contributed by atoms with Gasteiger partial charge in [-0.25, -0.2) is 4.98 Å². The van der Waals surface area contributed by atoms with Gasteiger partial charge in [0.05, 0.1) is 28.6 Å². The van der Waals surface area contributed by atoms with E-state index in [9.17, 15) is 4.79 Å². The Balaban J connectivity index is 1.48. The molecule has 0 bridgehead atoms. The van der Waals surface area contributed by atoms with Gasteiger partial charge in [0.15, 0.2) is 0 Å². The fourth-order valence-electron chi connectivity index (χ4n) is 3.42. The number of ether oxygens (including phenoxy) is 1. The molecule has 0 saturated carbocycles. The van der Waals surface area contributed by atoms with Crippen molar-refractivity contribution in [2.45, 2.75) is 25.0 Å². The molecule has 1 aromatic carbocycles. The number of para-hydroxylation sites is 2. The number of nitrogens with one attached hydrogen (secondary N) is 3. The zero-order valence-electron chi connectivity index (χ0n) is 15.5. The summed E-state index contributed by atoms with van der Waals surface area (Å²) in [5.41, 5.74) is 2.06. The molecule has 0 spiro atoms. The summed E-state index contributed by atoms with van der Waals surface area (Å²) in [6.07, 6.45) is 2.06. The smallest absolute Gasteiger partial charge is 0.230 e. The first-order chi connectivity index (χ1) is 12.6. The summed E-state index contributed by atoms with van der Waals surface area (Å²) in [6.45, 7) is 5.42. The first-order valence-corrected chi connectivity index (χ1v) is 10.2. The predicted molar refractivity (Wildman–Crippen MR) is 106 cm³/mol. The van der Waals surface area contributed by atoms with Gasteiger partial charge in [0.2, 0.25) is 5.91 Å². The number of methoxy groups -OCH3 is 1. The van der Waals surface area contributed by atoms with Crippen LogP contribution >= 0.6 is 11.8 Å². The van der Waals surface area contributed by atoms with Crippen molar-refractivity contribution in [2.24, 2.45) is 5.41 Å². The number of amides is 1. The largest absolute Gasteiger partial charge is 0.384 e. The van der Waals surface area contributed by atoms with Crippen molar-refractivity contribution < 1.29 is 9.53 Å². The third-order valence-electron chi connectivity index (χ3n) is 5.03. The molecular weight excluding hydrogens is 348 g/mol. The molecule has 2 heterocycles. The van der Waals surface area contributed by atoms with Gasteiger partial charge in [-0.2, -0.15) is 0 Å². The average Bonchev–Trinajstić information content (AvgIpc) is 3.10. The van der Waals surface area contributed by atoms with Crippen LogP contribution in [0.1, 0.15) is 30.8 Å². The van der Waals surface area contributed by atoms with Crippen molar-refractivity contribution in [2.75, 3.05) is 39.1 Å². The van der Waals surface area contributed by atoms with Crippen molar-refractivity contribution >= 4 is 28.7 Å². The Labute approximate surface area is 158 Å². The average molecular weight is 377 g/mol. The second-order valence-electron chi connectivity index (χ2n) is 7.05.